The van der Waals surface area contributed by atoms with Crippen molar-refractivity contribution >= 4 is 34.2 Å². The highest BCUT2D eigenvalue weighted by Gasteiger charge is 2.11. The summed E-state index contributed by atoms with van der Waals surface area (Å²) in [4.78, 5) is 7.60. The smallest absolute Gasteiger partial charge is 0.140 e. The van der Waals surface area contributed by atoms with Crippen LogP contribution >= 0.6 is 23.2 Å². The van der Waals surface area contributed by atoms with Gasteiger partial charge in [0.1, 0.15) is 17.4 Å². The van der Waals surface area contributed by atoms with E-state index >= 15 is 0 Å². The number of H-pyrrole nitrogens is 1. The molecule has 0 aliphatic carbocycles. The van der Waals surface area contributed by atoms with Gasteiger partial charge in [-0.2, -0.15) is 5.26 Å². The van der Waals surface area contributed by atoms with Crippen LogP contribution in [0.1, 0.15) is 5.56 Å². The molecule has 3 nitrogen and oxygen atoms in total. The van der Waals surface area contributed by atoms with Crippen molar-refractivity contribution in [1.82, 2.24) is 9.97 Å². The van der Waals surface area contributed by atoms with Gasteiger partial charge in [-0.3, -0.25) is 0 Å². The van der Waals surface area contributed by atoms with Gasteiger partial charge in [0, 0.05) is 10.6 Å². The first-order valence-electron chi connectivity index (χ1n) is 5.53. The van der Waals surface area contributed by atoms with Crippen molar-refractivity contribution in [3.05, 3.63) is 52.0 Å². The lowest BCUT2D eigenvalue weighted by Crippen LogP contribution is -1.82. The Labute approximate surface area is 119 Å². The Morgan fingerprint density at radius 3 is 2.74 bits per heavy atom. The van der Waals surface area contributed by atoms with Crippen molar-refractivity contribution in [2.45, 2.75) is 0 Å². The van der Waals surface area contributed by atoms with Crippen molar-refractivity contribution in [3.8, 4) is 17.5 Å². The summed E-state index contributed by atoms with van der Waals surface area (Å²) < 4.78 is 0. The zero-order valence-electron chi connectivity index (χ0n) is 9.61. The number of fused-ring (bicyclic) bond motifs is 1. The Morgan fingerprint density at radius 2 is 2.00 bits per heavy atom. The quantitative estimate of drug-likeness (QED) is 0.721. The highest BCUT2D eigenvalue weighted by molar-refractivity contribution is 6.36. The summed E-state index contributed by atoms with van der Waals surface area (Å²) in [5.74, 6) is 0.624. The van der Waals surface area contributed by atoms with Crippen LogP contribution < -0.4 is 0 Å². The lowest BCUT2D eigenvalue weighted by Gasteiger charge is -2.00. The molecule has 19 heavy (non-hydrogen) atoms. The predicted octanol–water partition coefficient (Wildman–Crippen LogP) is 4.41. The van der Waals surface area contributed by atoms with E-state index in [9.17, 15) is 0 Å². The molecule has 0 unspecified atom stereocenters. The Hall–Kier alpha value is -2.02. The molecule has 3 rings (SSSR count). The predicted molar refractivity (Wildman–Crippen MR) is 76.3 cm³/mol. The first kappa shape index (κ1) is 12.0. The number of nitrogens with one attached hydrogen (secondary N) is 1. The zero-order chi connectivity index (χ0) is 13.4. The molecule has 1 N–H and O–H groups in total. The number of imidazole rings is 1. The van der Waals surface area contributed by atoms with Gasteiger partial charge >= 0.3 is 0 Å². The van der Waals surface area contributed by atoms with Gasteiger partial charge in [0.05, 0.1) is 16.1 Å². The molecule has 3 aromatic rings. The maximum atomic E-state index is 9.06. The lowest BCUT2D eigenvalue weighted by molar-refractivity contribution is 1.33. The number of benzene rings is 2. The van der Waals surface area contributed by atoms with Crippen LogP contribution in [-0.2, 0) is 0 Å². The van der Waals surface area contributed by atoms with E-state index in [2.05, 4.69) is 16.0 Å². The van der Waals surface area contributed by atoms with Gasteiger partial charge in [0.2, 0.25) is 0 Å². The molecule has 2 aromatic carbocycles. The normalized spacial score (nSPS) is 10.6. The first-order valence-corrected chi connectivity index (χ1v) is 6.29. The molecule has 1 aromatic heterocycles. The van der Waals surface area contributed by atoms with Crippen molar-refractivity contribution in [2.75, 3.05) is 0 Å². The second kappa shape index (κ2) is 4.58. The number of nitriles is 1. The number of hydrogen-bond donors (Lipinski definition) is 1. The number of para-hydroxylation sites is 1. The third kappa shape index (κ3) is 2.06. The lowest BCUT2D eigenvalue weighted by atomic mass is 10.2. The number of aromatic nitrogens is 2. The summed E-state index contributed by atoms with van der Waals surface area (Å²) >= 11 is 12.0. The van der Waals surface area contributed by atoms with Crippen LogP contribution in [0.5, 0.6) is 0 Å². The highest BCUT2D eigenvalue weighted by atomic mass is 35.5. The maximum Gasteiger partial charge on any atom is 0.140 e. The van der Waals surface area contributed by atoms with E-state index in [-0.39, 0.29) is 0 Å². The fraction of sp³-hybridized carbons (Fsp3) is 0. The molecule has 0 aliphatic rings. The number of nitrogens with zero attached hydrogens (tertiary/aromatic N) is 2. The molecule has 0 spiro atoms. The van der Waals surface area contributed by atoms with E-state index in [1.807, 2.05) is 12.1 Å². The van der Waals surface area contributed by atoms with Crippen molar-refractivity contribution < 1.29 is 0 Å². The summed E-state index contributed by atoms with van der Waals surface area (Å²) in [6.07, 6.45) is 0. The van der Waals surface area contributed by atoms with Gasteiger partial charge in [-0.15, -0.1) is 0 Å². The molecule has 0 saturated heterocycles. The number of rotatable bonds is 1. The first-order chi connectivity index (χ1) is 9.19. The van der Waals surface area contributed by atoms with Crippen LogP contribution in [0.15, 0.2) is 36.4 Å². The van der Waals surface area contributed by atoms with Crippen LogP contribution in [0, 0.1) is 11.3 Å². The Morgan fingerprint density at radius 1 is 1.16 bits per heavy atom. The summed E-state index contributed by atoms with van der Waals surface area (Å²) in [6, 6.07) is 12.8. The van der Waals surface area contributed by atoms with Crippen LogP contribution in [0.25, 0.3) is 22.4 Å². The minimum Gasteiger partial charge on any atom is -0.338 e. The second-order valence-corrected chi connectivity index (χ2v) is 4.87. The third-order valence-electron chi connectivity index (χ3n) is 2.82. The van der Waals surface area contributed by atoms with Crippen molar-refractivity contribution in [3.63, 3.8) is 0 Å². The van der Waals surface area contributed by atoms with Gasteiger partial charge < -0.3 is 4.98 Å². The SMILES string of the molecule is N#Cc1cccc2[nH]c(-c3ccc(Cl)cc3Cl)nc12. The summed E-state index contributed by atoms with van der Waals surface area (Å²) in [7, 11) is 0. The third-order valence-corrected chi connectivity index (χ3v) is 3.37. The van der Waals surface area contributed by atoms with Crippen molar-refractivity contribution in [1.29, 1.82) is 5.26 Å². The standard InChI is InChI=1S/C14H7Cl2N3/c15-9-4-5-10(11(16)6-9)14-18-12-3-1-2-8(7-17)13(12)19-14/h1-6H,(H,18,19). The van der Waals surface area contributed by atoms with Gasteiger partial charge in [0.25, 0.3) is 0 Å². The number of aromatic amines is 1. The molecule has 0 fully saturated rings. The summed E-state index contributed by atoms with van der Waals surface area (Å²) in [5.41, 5.74) is 2.74. The zero-order valence-corrected chi connectivity index (χ0v) is 11.1. The summed E-state index contributed by atoms with van der Waals surface area (Å²) in [5, 5.41) is 10.1. The highest BCUT2D eigenvalue weighted by Crippen LogP contribution is 2.30. The summed E-state index contributed by atoms with van der Waals surface area (Å²) in [6.45, 7) is 0. The maximum absolute atomic E-state index is 9.06. The van der Waals surface area contributed by atoms with Crippen LogP contribution in [-0.4, -0.2) is 9.97 Å². The van der Waals surface area contributed by atoms with Crippen LogP contribution in [0.2, 0.25) is 10.0 Å². The van der Waals surface area contributed by atoms with E-state index in [0.717, 1.165) is 11.1 Å². The van der Waals surface area contributed by atoms with Gasteiger partial charge in [-0.25, -0.2) is 4.98 Å². The van der Waals surface area contributed by atoms with E-state index < -0.39 is 0 Å². The van der Waals surface area contributed by atoms with E-state index in [4.69, 9.17) is 28.5 Å². The van der Waals surface area contributed by atoms with E-state index in [0.29, 0.717) is 26.9 Å². The van der Waals surface area contributed by atoms with Gasteiger partial charge in [-0.1, -0.05) is 29.3 Å². The molecule has 92 valence electrons. The Balaban J connectivity index is 2.24. The molecular formula is C14H7Cl2N3. The minimum atomic E-state index is 0.519. The van der Waals surface area contributed by atoms with Crippen LogP contribution in [0.4, 0.5) is 0 Å². The fourth-order valence-electron chi connectivity index (χ4n) is 1.93. The number of halogens is 2. The minimum absolute atomic E-state index is 0.519. The topological polar surface area (TPSA) is 52.5 Å². The monoisotopic (exact) mass is 287 g/mol. The molecule has 0 aliphatic heterocycles. The average molecular weight is 288 g/mol. The second-order valence-electron chi connectivity index (χ2n) is 4.02. The average Bonchev–Trinajstić information content (AvgIpc) is 2.81. The van der Waals surface area contributed by atoms with Crippen molar-refractivity contribution in [2.24, 2.45) is 0 Å². The van der Waals surface area contributed by atoms with Crippen LogP contribution in [0.3, 0.4) is 0 Å². The molecule has 0 atom stereocenters. The van der Waals surface area contributed by atoms with Gasteiger partial charge in [-0.05, 0) is 30.3 Å². The molecule has 0 radical (unpaired) electrons. The Bertz CT molecular complexity index is 815. The van der Waals surface area contributed by atoms with Gasteiger partial charge in [0.15, 0.2) is 0 Å². The van der Waals surface area contributed by atoms with E-state index in [1.54, 1.807) is 24.3 Å². The molecule has 0 amide bonds. The molecule has 0 bridgehead atoms. The van der Waals surface area contributed by atoms with E-state index in [1.165, 1.54) is 0 Å². The molecule has 1 heterocycles. The number of hydrogen-bond acceptors (Lipinski definition) is 2. The molecule has 5 heteroatoms. The Kier molecular flexibility index (Phi) is 2.90. The largest absolute Gasteiger partial charge is 0.338 e. The fourth-order valence-corrected chi connectivity index (χ4v) is 2.43. The molecular weight excluding hydrogens is 281 g/mol. The molecule has 0 saturated carbocycles.